The molecule has 1 aromatic heterocycles. The van der Waals surface area contributed by atoms with Gasteiger partial charge in [-0.3, -0.25) is 0 Å². The summed E-state index contributed by atoms with van der Waals surface area (Å²) in [5.74, 6) is 2.08. The second-order valence-electron chi connectivity index (χ2n) is 3.30. The molecule has 0 N–H and O–H groups in total. The SMILES string of the molecule is COc1cc2nc(C)nc([Se])c2cc1OC.[H-].[Na+]. The Bertz CT molecular complexity index is 554. The van der Waals surface area contributed by atoms with E-state index in [9.17, 15) is 0 Å². The minimum atomic E-state index is 0. The quantitative estimate of drug-likeness (QED) is 0.595. The van der Waals surface area contributed by atoms with Gasteiger partial charge in [-0.05, 0) is 0 Å². The van der Waals surface area contributed by atoms with Crippen molar-refractivity contribution in [2.75, 3.05) is 14.2 Å². The Morgan fingerprint density at radius 3 is 2.29 bits per heavy atom. The molecule has 1 radical (unpaired) electrons. The molecule has 1 heterocycles. The maximum Gasteiger partial charge on any atom is 1.00 e. The first-order valence-corrected chi connectivity index (χ1v) is 5.58. The van der Waals surface area contributed by atoms with E-state index < -0.39 is 0 Å². The average molecular weight is 306 g/mol. The smallest absolute Gasteiger partial charge is 1.00 e. The predicted molar refractivity (Wildman–Crippen MR) is 63.9 cm³/mol. The van der Waals surface area contributed by atoms with E-state index in [1.54, 1.807) is 14.2 Å². The molecular formula is C11H12N2NaO2Se. The Hall–Kier alpha value is -0.321. The van der Waals surface area contributed by atoms with Crippen LogP contribution in [0.3, 0.4) is 0 Å². The molecule has 6 heteroatoms. The van der Waals surface area contributed by atoms with E-state index in [1.807, 2.05) is 19.1 Å². The fourth-order valence-electron chi connectivity index (χ4n) is 1.54. The van der Waals surface area contributed by atoms with Crippen molar-refractivity contribution >= 4 is 31.5 Å². The number of benzene rings is 1. The standard InChI is InChI=1S/C11H11N2O2Se.Na.H/c1-6-12-8-5-10(15-3)9(14-2)4-7(8)11(16)13-6;;/h4-5H,1-3H3;;/q;+1;-1. The summed E-state index contributed by atoms with van der Waals surface area (Å²) in [6.45, 7) is 1.86. The fourth-order valence-corrected chi connectivity index (χ4v) is 2.16. The molecule has 0 saturated carbocycles. The Morgan fingerprint density at radius 1 is 1.12 bits per heavy atom. The van der Waals surface area contributed by atoms with Crippen molar-refractivity contribution < 1.29 is 40.5 Å². The van der Waals surface area contributed by atoms with Gasteiger partial charge in [0, 0.05) is 0 Å². The first-order valence-electron chi connectivity index (χ1n) is 4.73. The summed E-state index contributed by atoms with van der Waals surface area (Å²) in [5.41, 5.74) is 0.846. The Labute approximate surface area is 132 Å². The van der Waals surface area contributed by atoms with Crippen LogP contribution in [0.15, 0.2) is 12.1 Å². The zero-order valence-corrected chi connectivity index (χ0v) is 14.0. The monoisotopic (exact) mass is 307 g/mol. The molecule has 0 saturated heterocycles. The summed E-state index contributed by atoms with van der Waals surface area (Å²) in [5, 5.41) is 0.934. The molecular weight excluding hydrogens is 294 g/mol. The molecule has 0 aliphatic carbocycles. The van der Waals surface area contributed by atoms with E-state index in [-0.39, 0.29) is 31.0 Å². The minimum Gasteiger partial charge on any atom is -1.00 e. The normalized spacial score (nSPS) is 9.82. The van der Waals surface area contributed by atoms with Gasteiger partial charge in [0.05, 0.1) is 0 Å². The molecule has 2 aromatic rings. The molecule has 0 amide bonds. The van der Waals surface area contributed by atoms with Crippen LogP contribution in [0.4, 0.5) is 0 Å². The summed E-state index contributed by atoms with van der Waals surface area (Å²) in [6.07, 6.45) is 0. The van der Waals surface area contributed by atoms with Gasteiger partial charge < -0.3 is 1.43 Å². The van der Waals surface area contributed by atoms with E-state index in [1.165, 1.54) is 0 Å². The van der Waals surface area contributed by atoms with Crippen LogP contribution < -0.4 is 43.6 Å². The molecule has 0 fully saturated rings. The summed E-state index contributed by atoms with van der Waals surface area (Å²) in [7, 11) is 3.22. The van der Waals surface area contributed by atoms with Gasteiger partial charge in [0.15, 0.2) is 0 Å². The predicted octanol–water partition coefficient (Wildman–Crippen LogP) is -2.13. The van der Waals surface area contributed by atoms with Crippen molar-refractivity contribution in [2.45, 2.75) is 6.92 Å². The molecule has 0 atom stereocenters. The summed E-state index contributed by atoms with van der Waals surface area (Å²) >= 11 is 2.93. The van der Waals surface area contributed by atoms with Crippen molar-refractivity contribution in [2.24, 2.45) is 0 Å². The summed E-state index contributed by atoms with van der Waals surface area (Å²) in [4.78, 5) is 8.62. The van der Waals surface area contributed by atoms with Gasteiger partial charge in [-0.2, -0.15) is 0 Å². The van der Waals surface area contributed by atoms with Crippen molar-refractivity contribution in [3.05, 3.63) is 18.0 Å². The van der Waals surface area contributed by atoms with Crippen LogP contribution in [0.2, 0.25) is 0 Å². The number of nitrogens with zero attached hydrogens (tertiary/aromatic N) is 2. The topological polar surface area (TPSA) is 44.2 Å². The van der Waals surface area contributed by atoms with Crippen LogP contribution in [0.25, 0.3) is 10.9 Å². The largest absolute Gasteiger partial charge is 1.00 e. The number of aromatic nitrogens is 2. The number of methoxy groups -OCH3 is 2. The summed E-state index contributed by atoms with van der Waals surface area (Å²) < 4.78 is 11.3. The third-order valence-electron chi connectivity index (χ3n) is 2.28. The second kappa shape index (κ2) is 6.03. The van der Waals surface area contributed by atoms with Gasteiger partial charge >= 0.3 is 131 Å². The summed E-state index contributed by atoms with van der Waals surface area (Å²) in [6, 6.07) is 3.73. The second-order valence-corrected chi connectivity index (χ2v) is 4.11. The number of aryl methyl sites for hydroxylation is 1. The maximum atomic E-state index is 5.24. The van der Waals surface area contributed by atoms with Crippen molar-refractivity contribution in [1.29, 1.82) is 0 Å². The van der Waals surface area contributed by atoms with Gasteiger partial charge in [-0.1, -0.05) is 0 Å². The number of hydrogen-bond acceptors (Lipinski definition) is 4. The van der Waals surface area contributed by atoms with Crippen molar-refractivity contribution in [3.63, 3.8) is 0 Å². The molecule has 85 valence electrons. The third kappa shape index (κ3) is 2.92. The van der Waals surface area contributed by atoms with E-state index >= 15 is 0 Å². The van der Waals surface area contributed by atoms with Gasteiger partial charge in [0.25, 0.3) is 0 Å². The Balaban J connectivity index is 0.00000144. The van der Waals surface area contributed by atoms with Crippen molar-refractivity contribution in [1.82, 2.24) is 9.97 Å². The minimum absolute atomic E-state index is 0. The molecule has 2 rings (SSSR count). The number of fused-ring (bicyclic) bond motifs is 1. The van der Waals surface area contributed by atoms with E-state index in [2.05, 4.69) is 26.0 Å². The third-order valence-corrected chi connectivity index (χ3v) is 2.93. The van der Waals surface area contributed by atoms with Crippen molar-refractivity contribution in [3.8, 4) is 11.5 Å². The number of hydrogen-bond donors (Lipinski definition) is 0. The van der Waals surface area contributed by atoms with Crippen LogP contribution in [0.5, 0.6) is 11.5 Å². The number of rotatable bonds is 2. The molecule has 0 unspecified atom stereocenters. The molecule has 1 aromatic carbocycles. The Kier molecular flexibility index (Phi) is 5.22. The Morgan fingerprint density at radius 2 is 1.71 bits per heavy atom. The first kappa shape index (κ1) is 14.7. The van der Waals surface area contributed by atoms with Crippen LogP contribution in [-0.4, -0.2) is 40.2 Å². The van der Waals surface area contributed by atoms with Gasteiger partial charge in [-0.15, -0.1) is 0 Å². The van der Waals surface area contributed by atoms with Crippen LogP contribution in [-0.2, 0) is 0 Å². The molecule has 0 spiro atoms. The first-order chi connectivity index (χ1) is 7.65. The molecule has 0 aliphatic rings. The number of ether oxygens (including phenoxy) is 2. The van der Waals surface area contributed by atoms with E-state index in [0.29, 0.717) is 11.5 Å². The zero-order valence-electron chi connectivity index (χ0n) is 11.3. The fraction of sp³-hybridized carbons (Fsp3) is 0.273. The zero-order chi connectivity index (χ0) is 11.7. The molecule has 17 heavy (non-hydrogen) atoms. The van der Waals surface area contributed by atoms with Crippen LogP contribution in [0.1, 0.15) is 7.25 Å². The van der Waals surface area contributed by atoms with E-state index in [4.69, 9.17) is 9.47 Å². The van der Waals surface area contributed by atoms with E-state index in [0.717, 1.165) is 21.3 Å². The molecule has 0 bridgehead atoms. The molecule has 4 nitrogen and oxygen atoms in total. The average Bonchev–Trinajstić information content (AvgIpc) is 2.27. The maximum absolute atomic E-state index is 5.24. The van der Waals surface area contributed by atoms with Crippen LogP contribution in [0, 0.1) is 6.92 Å². The van der Waals surface area contributed by atoms with Gasteiger partial charge in [0.1, 0.15) is 0 Å². The van der Waals surface area contributed by atoms with Gasteiger partial charge in [-0.25, -0.2) is 0 Å². The van der Waals surface area contributed by atoms with Crippen LogP contribution >= 0.6 is 0 Å². The molecule has 0 aliphatic heterocycles. The van der Waals surface area contributed by atoms with Gasteiger partial charge in [0.2, 0.25) is 0 Å².